The molecule has 0 spiro atoms. The molecule has 0 aromatic heterocycles. The van der Waals surface area contributed by atoms with E-state index in [4.69, 9.17) is 22.1 Å². The van der Waals surface area contributed by atoms with Crippen molar-refractivity contribution in [3.63, 3.8) is 0 Å². The van der Waals surface area contributed by atoms with E-state index in [1.165, 1.54) is 0 Å². The van der Waals surface area contributed by atoms with Crippen molar-refractivity contribution in [3.8, 4) is 5.75 Å². The third kappa shape index (κ3) is 2.23. The second-order valence-corrected chi connectivity index (χ2v) is 4.58. The highest BCUT2D eigenvalue weighted by atomic mass is 35.5. The first-order valence-corrected chi connectivity index (χ1v) is 5.97. The maximum Gasteiger partial charge on any atom is 0.245 e. The normalized spacial score (nSPS) is 19.8. The maximum atomic E-state index is 11.4. The molecule has 0 fully saturated rings. The van der Waals surface area contributed by atoms with Gasteiger partial charge in [0, 0.05) is 17.3 Å². The number of benzene rings is 1. The zero-order valence-electron chi connectivity index (χ0n) is 9.79. The Balaban J connectivity index is 2.33. The first kappa shape index (κ1) is 12.2. The van der Waals surface area contributed by atoms with Crippen LogP contribution >= 0.6 is 11.6 Å². The predicted octanol–water partition coefficient (Wildman–Crippen LogP) is 2.47. The number of hydrogen-bond donors (Lipinski definition) is 2. The molecule has 1 aromatic rings. The lowest BCUT2D eigenvalue weighted by Gasteiger charge is -2.15. The Kier molecular flexibility index (Phi) is 3.26. The lowest BCUT2D eigenvalue weighted by atomic mass is 10.1. The second kappa shape index (κ2) is 4.55. The van der Waals surface area contributed by atoms with Crippen LogP contribution in [0.2, 0.25) is 5.02 Å². The number of carbonyl (C=O) groups is 1. The van der Waals surface area contributed by atoms with Gasteiger partial charge in [-0.25, -0.2) is 0 Å². The Bertz CT molecular complexity index is 462. The van der Waals surface area contributed by atoms with Gasteiger partial charge in [0.25, 0.3) is 0 Å². The molecular formula is C12H15ClN2O2. The van der Waals surface area contributed by atoms with Crippen LogP contribution in [0.25, 0.3) is 0 Å². The van der Waals surface area contributed by atoms with Crippen molar-refractivity contribution in [2.45, 2.75) is 32.4 Å². The Morgan fingerprint density at radius 3 is 2.94 bits per heavy atom. The van der Waals surface area contributed by atoms with Crippen molar-refractivity contribution in [1.29, 1.82) is 0 Å². The third-order valence-electron chi connectivity index (χ3n) is 2.88. The van der Waals surface area contributed by atoms with E-state index in [0.717, 1.165) is 12.0 Å². The average Bonchev–Trinajstić information content (AvgIpc) is 2.56. The lowest BCUT2D eigenvalue weighted by molar-refractivity contribution is -0.116. The standard InChI is InChI=1S/C12H15ClN2O2/c1-3-6(2)17-10-5-9-7(4-8(10)13)11(14)12(16)15-9/h4-6,11H,3,14H2,1-2H3,(H,15,16). The van der Waals surface area contributed by atoms with Crippen molar-refractivity contribution in [1.82, 2.24) is 0 Å². The monoisotopic (exact) mass is 254 g/mol. The summed E-state index contributed by atoms with van der Waals surface area (Å²) in [6, 6.07) is 2.78. The molecule has 1 aliphatic heterocycles. The van der Waals surface area contributed by atoms with Gasteiger partial charge in [-0.1, -0.05) is 18.5 Å². The van der Waals surface area contributed by atoms with Crippen LogP contribution in [0.5, 0.6) is 5.75 Å². The fraction of sp³-hybridized carbons (Fsp3) is 0.417. The second-order valence-electron chi connectivity index (χ2n) is 4.17. The molecule has 2 rings (SSSR count). The highest BCUT2D eigenvalue weighted by Crippen LogP contribution is 2.38. The van der Waals surface area contributed by atoms with Crippen LogP contribution in [0.15, 0.2) is 12.1 Å². The lowest BCUT2D eigenvalue weighted by Crippen LogP contribution is -2.19. The smallest absolute Gasteiger partial charge is 0.245 e. The summed E-state index contributed by atoms with van der Waals surface area (Å²) in [6.45, 7) is 4.00. The van der Waals surface area contributed by atoms with Crippen molar-refractivity contribution < 1.29 is 9.53 Å². The highest BCUT2D eigenvalue weighted by molar-refractivity contribution is 6.32. The SMILES string of the molecule is CCC(C)Oc1cc2c(cc1Cl)C(N)C(=O)N2. The number of ether oxygens (including phenoxy) is 1. The Morgan fingerprint density at radius 2 is 2.29 bits per heavy atom. The predicted molar refractivity (Wildman–Crippen MR) is 67.4 cm³/mol. The van der Waals surface area contributed by atoms with E-state index >= 15 is 0 Å². The molecule has 0 saturated carbocycles. The van der Waals surface area contributed by atoms with Gasteiger partial charge in [-0.05, 0) is 19.4 Å². The first-order chi connectivity index (χ1) is 8.02. The van der Waals surface area contributed by atoms with Crippen LogP contribution in [0, 0.1) is 0 Å². The van der Waals surface area contributed by atoms with Crippen LogP contribution in [-0.4, -0.2) is 12.0 Å². The minimum Gasteiger partial charge on any atom is -0.489 e. The molecule has 1 heterocycles. The molecule has 0 saturated heterocycles. The van der Waals surface area contributed by atoms with Crippen LogP contribution in [0.4, 0.5) is 5.69 Å². The van der Waals surface area contributed by atoms with Crippen LogP contribution in [0.1, 0.15) is 31.9 Å². The summed E-state index contributed by atoms with van der Waals surface area (Å²) < 4.78 is 5.67. The molecular weight excluding hydrogens is 240 g/mol. The Labute approximate surface area is 105 Å². The van der Waals surface area contributed by atoms with Crippen molar-refractivity contribution in [2.24, 2.45) is 5.73 Å². The van der Waals surface area contributed by atoms with Gasteiger partial charge in [-0.2, -0.15) is 0 Å². The number of fused-ring (bicyclic) bond motifs is 1. The van der Waals surface area contributed by atoms with Crippen LogP contribution < -0.4 is 15.8 Å². The maximum absolute atomic E-state index is 11.4. The van der Waals surface area contributed by atoms with Crippen LogP contribution in [0.3, 0.4) is 0 Å². The first-order valence-electron chi connectivity index (χ1n) is 5.59. The topological polar surface area (TPSA) is 64.3 Å². The van der Waals surface area contributed by atoms with Gasteiger partial charge >= 0.3 is 0 Å². The zero-order chi connectivity index (χ0) is 12.6. The minimum atomic E-state index is -0.639. The molecule has 0 aliphatic carbocycles. The van der Waals surface area contributed by atoms with E-state index in [0.29, 0.717) is 16.5 Å². The van der Waals surface area contributed by atoms with E-state index < -0.39 is 6.04 Å². The number of hydrogen-bond acceptors (Lipinski definition) is 3. The molecule has 92 valence electrons. The summed E-state index contributed by atoms with van der Waals surface area (Å²) in [5.74, 6) is 0.367. The summed E-state index contributed by atoms with van der Waals surface area (Å²) in [6.07, 6.45) is 0.968. The Hall–Kier alpha value is -1.26. The molecule has 0 bridgehead atoms. The molecule has 1 amide bonds. The van der Waals surface area contributed by atoms with Crippen molar-refractivity contribution in [3.05, 3.63) is 22.7 Å². The zero-order valence-corrected chi connectivity index (χ0v) is 10.5. The molecule has 1 aromatic carbocycles. The number of rotatable bonds is 3. The van der Waals surface area contributed by atoms with Gasteiger partial charge in [0.1, 0.15) is 11.8 Å². The van der Waals surface area contributed by atoms with E-state index in [2.05, 4.69) is 5.32 Å². The van der Waals surface area contributed by atoms with Gasteiger partial charge in [-0.15, -0.1) is 0 Å². The number of amides is 1. The van der Waals surface area contributed by atoms with E-state index in [1.54, 1.807) is 12.1 Å². The molecule has 2 atom stereocenters. The average molecular weight is 255 g/mol. The van der Waals surface area contributed by atoms with Gasteiger partial charge in [0.05, 0.1) is 11.1 Å². The molecule has 0 radical (unpaired) electrons. The van der Waals surface area contributed by atoms with Crippen molar-refractivity contribution in [2.75, 3.05) is 5.32 Å². The summed E-state index contributed by atoms with van der Waals surface area (Å²) in [7, 11) is 0. The molecule has 2 unspecified atom stereocenters. The summed E-state index contributed by atoms with van der Waals surface area (Å²) in [5.41, 5.74) is 7.13. The number of nitrogens with one attached hydrogen (secondary N) is 1. The summed E-state index contributed by atoms with van der Waals surface area (Å²) in [4.78, 5) is 11.4. The molecule has 3 N–H and O–H groups in total. The summed E-state index contributed by atoms with van der Waals surface area (Å²) in [5, 5.41) is 3.19. The van der Waals surface area contributed by atoms with E-state index in [-0.39, 0.29) is 12.0 Å². The van der Waals surface area contributed by atoms with Crippen LogP contribution in [-0.2, 0) is 4.79 Å². The van der Waals surface area contributed by atoms with Gasteiger partial charge in [-0.3, -0.25) is 4.79 Å². The fourth-order valence-electron chi connectivity index (χ4n) is 1.68. The van der Waals surface area contributed by atoms with E-state index in [1.807, 2.05) is 13.8 Å². The molecule has 1 aliphatic rings. The fourth-order valence-corrected chi connectivity index (χ4v) is 1.89. The molecule has 5 heteroatoms. The molecule has 4 nitrogen and oxygen atoms in total. The number of nitrogens with two attached hydrogens (primary N) is 1. The van der Waals surface area contributed by atoms with Gasteiger partial charge < -0.3 is 15.8 Å². The molecule has 17 heavy (non-hydrogen) atoms. The van der Waals surface area contributed by atoms with E-state index in [9.17, 15) is 4.79 Å². The highest BCUT2D eigenvalue weighted by Gasteiger charge is 2.28. The van der Waals surface area contributed by atoms with Gasteiger partial charge in [0.15, 0.2) is 0 Å². The number of halogens is 1. The summed E-state index contributed by atoms with van der Waals surface area (Å²) >= 11 is 6.10. The Morgan fingerprint density at radius 1 is 1.59 bits per heavy atom. The third-order valence-corrected chi connectivity index (χ3v) is 3.18. The number of anilines is 1. The minimum absolute atomic E-state index is 0.0799. The quantitative estimate of drug-likeness (QED) is 0.871. The number of carbonyl (C=O) groups excluding carboxylic acids is 1. The largest absolute Gasteiger partial charge is 0.489 e. The van der Waals surface area contributed by atoms with Gasteiger partial charge in [0.2, 0.25) is 5.91 Å². The van der Waals surface area contributed by atoms with Crippen molar-refractivity contribution >= 4 is 23.2 Å².